The second-order valence-corrected chi connectivity index (χ2v) is 9.97. The third-order valence-corrected chi connectivity index (χ3v) is 6.50. The van der Waals surface area contributed by atoms with Gasteiger partial charge in [0.1, 0.15) is 11.9 Å². The lowest BCUT2D eigenvalue weighted by Crippen LogP contribution is -2.46. The number of carbonyl (C=O) groups excluding carboxylic acids is 2. The van der Waals surface area contributed by atoms with Gasteiger partial charge in [0.2, 0.25) is 0 Å². The Morgan fingerprint density at radius 3 is 2.21 bits per heavy atom. The summed E-state index contributed by atoms with van der Waals surface area (Å²) in [5, 5.41) is 13.0. The van der Waals surface area contributed by atoms with E-state index in [0.717, 1.165) is 29.5 Å². The minimum Gasteiger partial charge on any atom is -0.508 e. The van der Waals surface area contributed by atoms with Crippen LogP contribution in [0.2, 0.25) is 0 Å². The zero-order chi connectivity index (χ0) is 28.2. The van der Waals surface area contributed by atoms with Gasteiger partial charge < -0.3 is 25.8 Å². The zero-order valence-electron chi connectivity index (χ0n) is 23.2. The molecule has 3 rings (SSSR count). The molecular weight excluding hydrogens is 490 g/mol. The molecule has 208 valence electrons. The van der Waals surface area contributed by atoms with Crippen LogP contribution in [0.3, 0.4) is 0 Å². The number of hydrogen-bond acceptors (Lipinski definition) is 6. The molecule has 0 radical (unpaired) electrons. The molecule has 0 aromatic heterocycles. The van der Waals surface area contributed by atoms with E-state index in [1.807, 2.05) is 74.2 Å². The van der Waals surface area contributed by atoms with Gasteiger partial charge in [-0.2, -0.15) is 0 Å². The van der Waals surface area contributed by atoms with Crippen molar-refractivity contribution in [2.45, 2.75) is 58.7 Å². The number of esters is 1. The third-order valence-electron chi connectivity index (χ3n) is 6.50. The molecule has 0 saturated heterocycles. The number of ether oxygens (including phenoxy) is 1. The van der Waals surface area contributed by atoms with Gasteiger partial charge in [0.15, 0.2) is 0 Å². The van der Waals surface area contributed by atoms with Crippen molar-refractivity contribution in [2.24, 2.45) is 5.73 Å². The van der Waals surface area contributed by atoms with Gasteiger partial charge in [-0.25, -0.2) is 4.79 Å². The number of carbonyl (C=O) groups is 2. The first kappa shape index (κ1) is 29.9. The van der Waals surface area contributed by atoms with E-state index >= 15 is 0 Å². The maximum Gasteiger partial charge on any atom is 0.338 e. The standard InChI is InChI=1S/C32H41N3O4/c1-4-15-35(16-5-2)31(37)26-17-23(3)18-27(20-26)32(38)39-30(22-34-21-25-9-7-6-8-10-25)29(33)19-24-11-13-28(36)14-12-24/h6-14,17-18,20,29-30,34,36H,4-5,15-16,19,21-22,33H2,1-3H3/t29-,30+/m0/s1. The van der Waals surface area contributed by atoms with Crippen LogP contribution in [-0.4, -0.2) is 53.7 Å². The highest BCUT2D eigenvalue weighted by Gasteiger charge is 2.25. The number of amides is 1. The van der Waals surface area contributed by atoms with E-state index in [0.29, 0.717) is 43.7 Å². The number of phenolic OH excluding ortho intramolecular Hbond substituents is 1. The zero-order valence-corrected chi connectivity index (χ0v) is 23.2. The van der Waals surface area contributed by atoms with Crippen LogP contribution in [0.15, 0.2) is 72.8 Å². The van der Waals surface area contributed by atoms with E-state index in [-0.39, 0.29) is 11.7 Å². The number of aromatic hydroxyl groups is 1. The van der Waals surface area contributed by atoms with Crippen LogP contribution < -0.4 is 11.1 Å². The normalized spacial score (nSPS) is 12.5. The Hall–Kier alpha value is -3.68. The van der Waals surface area contributed by atoms with Gasteiger partial charge in [-0.1, -0.05) is 56.3 Å². The summed E-state index contributed by atoms with van der Waals surface area (Å²) in [6, 6.07) is 21.5. The summed E-state index contributed by atoms with van der Waals surface area (Å²) in [6.07, 6.45) is 1.57. The quantitative estimate of drug-likeness (QED) is 0.257. The maximum absolute atomic E-state index is 13.4. The third kappa shape index (κ3) is 9.23. The summed E-state index contributed by atoms with van der Waals surface area (Å²) in [5.41, 5.74) is 10.2. The number of nitrogens with two attached hydrogens (primary N) is 1. The highest BCUT2D eigenvalue weighted by Crippen LogP contribution is 2.17. The number of benzene rings is 3. The van der Waals surface area contributed by atoms with Crippen LogP contribution in [0.5, 0.6) is 5.75 Å². The summed E-state index contributed by atoms with van der Waals surface area (Å²) >= 11 is 0. The van der Waals surface area contributed by atoms with Crippen molar-refractivity contribution in [3.8, 4) is 5.75 Å². The highest BCUT2D eigenvalue weighted by atomic mass is 16.5. The molecule has 2 atom stereocenters. The topological polar surface area (TPSA) is 105 Å². The first-order valence-corrected chi connectivity index (χ1v) is 13.7. The van der Waals surface area contributed by atoms with Gasteiger partial charge in [-0.15, -0.1) is 0 Å². The first-order valence-electron chi connectivity index (χ1n) is 13.7. The lowest BCUT2D eigenvalue weighted by atomic mass is 10.0. The highest BCUT2D eigenvalue weighted by molar-refractivity contribution is 5.98. The molecule has 0 saturated carbocycles. The van der Waals surface area contributed by atoms with E-state index in [4.69, 9.17) is 10.5 Å². The molecule has 4 N–H and O–H groups in total. The molecule has 7 nitrogen and oxygen atoms in total. The van der Waals surface area contributed by atoms with Crippen LogP contribution in [0.1, 0.15) is 64.1 Å². The molecule has 0 spiro atoms. The number of phenols is 1. The van der Waals surface area contributed by atoms with Crippen LogP contribution in [0, 0.1) is 6.92 Å². The monoisotopic (exact) mass is 531 g/mol. The molecule has 3 aromatic carbocycles. The van der Waals surface area contributed by atoms with Gasteiger partial charge >= 0.3 is 5.97 Å². The van der Waals surface area contributed by atoms with Crippen molar-refractivity contribution in [3.05, 3.63) is 101 Å². The molecule has 0 unspecified atom stereocenters. The molecule has 0 aliphatic rings. The van der Waals surface area contributed by atoms with E-state index in [2.05, 4.69) is 5.32 Å². The lowest BCUT2D eigenvalue weighted by molar-refractivity contribution is 0.0238. The van der Waals surface area contributed by atoms with Crippen molar-refractivity contribution in [1.29, 1.82) is 0 Å². The van der Waals surface area contributed by atoms with Crippen molar-refractivity contribution < 1.29 is 19.4 Å². The van der Waals surface area contributed by atoms with E-state index in [1.165, 1.54) is 0 Å². The Bertz CT molecular complexity index is 1190. The van der Waals surface area contributed by atoms with Gasteiger partial charge in [0.25, 0.3) is 5.91 Å². The summed E-state index contributed by atoms with van der Waals surface area (Å²) < 4.78 is 5.98. The summed E-state index contributed by atoms with van der Waals surface area (Å²) in [4.78, 5) is 28.4. The molecule has 7 heteroatoms. The lowest BCUT2D eigenvalue weighted by Gasteiger charge is -2.25. The summed E-state index contributed by atoms with van der Waals surface area (Å²) in [7, 11) is 0. The molecular formula is C32H41N3O4. The van der Waals surface area contributed by atoms with E-state index in [1.54, 1.807) is 24.3 Å². The van der Waals surface area contributed by atoms with Gasteiger partial charge in [-0.3, -0.25) is 4.79 Å². The fraction of sp³-hybridized carbons (Fsp3) is 0.375. The fourth-order valence-corrected chi connectivity index (χ4v) is 4.54. The van der Waals surface area contributed by atoms with Crippen molar-refractivity contribution >= 4 is 11.9 Å². The second-order valence-electron chi connectivity index (χ2n) is 9.97. The minimum absolute atomic E-state index is 0.0819. The number of nitrogens with one attached hydrogen (secondary N) is 1. The summed E-state index contributed by atoms with van der Waals surface area (Å²) in [6.45, 7) is 8.26. The van der Waals surface area contributed by atoms with Crippen molar-refractivity contribution in [3.63, 3.8) is 0 Å². The van der Waals surface area contributed by atoms with Crippen LogP contribution >= 0.6 is 0 Å². The van der Waals surface area contributed by atoms with Crippen molar-refractivity contribution in [2.75, 3.05) is 19.6 Å². The predicted molar refractivity (Wildman–Crippen MR) is 155 cm³/mol. The van der Waals surface area contributed by atoms with Gasteiger partial charge in [0, 0.05) is 37.8 Å². The number of aryl methyl sites for hydroxylation is 1. The number of nitrogens with zero attached hydrogens (tertiary/aromatic N) is 1. The Morgan fingerprint density at radius 1 is 0.923 bits per heavy atom. The van der Waals surface area contributed by atoms with Crippen LogP contribution in [-0.2, 0) is 17.7 Å². The van der Waals surface area contributed by atoms with Crippen LogP contribution in [0.25, 0.3) is 0 Å². The minimum atomic E-state index is -0.619. The Morgan fingerprint density at radius 2 is 1.56 bits per heavy atom. The molecule has 0 aliphatic heterocycles. The van der Waals surface area contributed by atoms with E-state index in [9.17, 15) is 14.7 Å². The number of rotatable bonds is 14. The van der Waals surface area contributed by atoms with Gasteiger partial charge in [-0.05, 0) is 73.2 Å². The Balaban J connectivity index is 1.77. The molecule has 3 aromatic rings. The largest absolute Gasteiger partial charge is 0.508 e. The first-order chi connectivity index (χ1) is 18.8. The smallest absolute Gasteiger partial charge is 0.338 e. The predicted octanol–water partition coefficient (Wildman–Crippen LogP) is 4.85. The second kappa shape index (κ2) is 15.0. The molecule has 39 heavy (non-hydrogen) atoms. The number of hydrogen-bond donors (Lipinski definition) is 3. The van der Waals surface area contributed by atoms with E-state index < -0.39 is 18.1 Å². The Labute approximate surface area is 232 Å². The molecule has 0 aliphatic carbocycles. The SMILES string of the molecule is CCCN(CCC)C(=O)c1cc(C)cc(C(=O)O[C@H](CNCc2ccccc2)[C@@H](N)Cc2ccc(O)cc2)c1. The molecule has 1 amide bonds. The molecule has 0 bridgehead atoms. The van der Waals surface area contributed by atoms with Crippen LogP contribution in [0.4, 0.5) is 0 Å². The average Bonchev–Trinajstić information content (AvgIpc) is 2.93. The van der Waals surface area contributed by atoms with Crippen molar-refractivity contribution in [1.82, 2.24) is 10.2 Å². The Kier molecular flexibility index (Phi) is 11.5. The maximum atomic E-state index is 13.4. The average molecular weight is 532 g/mol. The molecule has 0 fully saturated rings. The van der Waals surface area contributed by atoms with Gasteiger partial charge in [0.05, 0.1) is 5.56 Å². The fourth-order valence-electron chi connectivity index (χ4n) is 4.54. The molecule has 0 heterocycles. The summed E-state index contributed by atoms with van der Waals surface area (Å²) in [5.74, 6) is -0.416.